The van der Waals surface area contributed by atoms with Gasteiger partial charge in [-0.25, -0.2) is 0 Å². The van der Waals surface area contributed by atoms with Crippen LogP contribution in [0, 0.1) is 0 Å². The Hall–Kier alpha value is -0.0831. The first-order valence-corrected chi connectivity index (χ1v) is 8.54. The highest BCUT2D eigenvalue weighted by atomic mass is 28.4. The fourth-order valence-corrected chi connectivity index (χ4v) is 3.96. The van der Waals surface area contributed by atoms with E-state index in [4.69, 9.17) is 4.43 Å². The molecular formula is C11H22OSi. The van der Waals surface area contributed by atoms with E-state index in [2.05, 4.69) is 19.7 Å². The fraction of sp³-hybridized carbons (Fsp3) is 0.818. The van der Waals surface area contributed by atoms with Gasteiger partial charge in [0.2, 0.25) is 0 Å². The van der Waals surface area contributed by atoms with E-state index in [1.54, 1.807) is 0 Å². The Labute approximate surface area is 83.3 Å². The summed E-state index contributed by atoms with van der Waals surface area (Å²) in [6.45, 7) is 8.38. The van der Waals surface area contributed by atoms with Crippen molar-refractivity contribution in [3.63, 3.8) is 0 Å². The summed E-state index contributed by atoms with van der Waals surface area (Å²) in [6, 6.07) is 1.09. The summed E-state index contributed by atoms with van der Waals surface area (Å²) in [4.78, 5) is 0. The van der Waals surface area contributed by atoms with Crippen LogP contribution in [0.3, 0.4) is 0 Å². The molecule has 1 saturated carbocycles. The number of allylic oxidation sites excluding steroid dienone is 1. The van der Waals surface area contributed by atoms with Gasteiger partial charge in [0.15, 0.2) is 8.32 Å². The third-order valence-electron chi connectivity index (χ3n) is 2.67. The Morgan fingerprint density at radius 3 is 2.46 bits per heavy atom. The van der Waals surface area contributed by atoms with Crippen LogP contribution in [0.25, 0.3) is 0 Å². The normalized spacial score (nSPS) is 20.2. The van der Waals surface area contributed by atoms with Crippen molar-refractivity contribution < 1.29 is 4.43 Å². The minimum Gasteiger partial charge on any atom is -0.414 e. The minimum absolute atomic E-state index is 0.565. The first kappa shape index (κ1) is 11.0. The SMILES string of the molecule is C=CC[Si](C)(C)OC1CCCCC1. The van der Waals surface area contributed by atoms with Crippen molar-refractivity contribution >= 4 is 8.32 Å². The zero-order valence-corrected chi connectivity index (χ0v) is 10.0. The van der Waals surface area contributed by atoms with Gasteiger partial charge < -0.3 is 4.43 Å². The molecule has 2 heteroatoms. The molecule has 0 atom stereocenters. The molecule has 0 N–H and O–H groups in total. The first-order valence-electron chi connectivity index (χ1n) is 5.43. The second-order valence-corrected chi connectivity index (χ2v) is 8.79. The Morgan fingerprint density at radius 1 is 1.31 bits per heavy atom. The topological polar surface area (TPSA) is 9.23 Å². The summed E-state index contributed by atoms with van der Waals surface area (Å²) in [5, 5.41) is 0. The van der Waals surface area contributed by atoms with Crippen LogP contribution in [0.1, 0.15) is 32.1 Å². The van der Waals surface area contributed by atoms with Crippen LogP contribution in [-0.4, -0.2) is 14.4 Å². The predicted octanol–water partition coefficient (Wildman–Crippen LogP) is 3.73. The first-order chi connectivity index (χ1) is 6.14. The molecule has 76 valence electrons. The lowest BCUT2D eigenvalue weighted by Gasteiger charge is -2.31. The van der Waals surface area contributed by atoms with E-state index in [9.17, 15) is 0 Å². The molecule has 1 nitrogen and oxygen atoms in total. The second kappa shape index (κ2) is 4.96. The van der Waals surface area contributed by atoms with E-state index in [1.807, 2.05) is 6.08 Å². The van der Waals surface area contributed by atoms with Crippen LogP contribution >= 0.6 is 0 Å². The van der Waals surface area contributed by atoms with Crippen LogP contribution in [0.15, 0.2) is 12.7 Å². The van der Waals surface area contributed by atoms with Crippen molar-refractivity contribution in [3.8, 4) is 0 Å². The molecule has 1 fully saturated rings. The molecule has 0 spiro atoms. The van der Waals surface area contributed by atoms with Gasteiger partial charge in [0.25, 0.3) is 0 Å². The molecule has 0 heterocycles. The number of hydrogen-bond acceptors (Lipinski definition) is 1. The Morgan fingerprint density at radius 2 is 1.92 bits per heavy atom. The molecule has 0 radical (unpaired) electrons. The predicted molar refractivity (Wildman–Crippen MR) is 60.4 cm³/mol. The molecule has 0 aromatic rings. The Kier molecular flexibility index (Phi) is 4.20. The summed E-state index contributed by atoms with van der Waals surface area (Å²) in [5.41, 5.74) is 0. The smallest absolute Gasteiger partial charge is 0.190 e. The van der Waals surface area contributed by atoms with E-state index >= 15 is 0 Å². The molecular weight excluding hydrogens is 176 g/mol. The number of hydrogen-bond donors (Lipinski definition) is 0. The lowest BCUT2D eigenvalue weighted by molar-refractivity contribution is 0.146. The van der Waals surface area contributed by atoms with Gasteiger partial charge in [0.05, 0.1) is 0 Å². The molecule has 0 aliphatic heterocycles. The lowest BCUT2D eigenvalue weighted by atomic mass is 9.98. The van der Waals surface area contributed by atoms with Crippen molar-refractivity contribution in [1.82, 2.24) is 0 Å². The lowest BCUT2D eigenvalue weighted by Crippen LogP contribution is -2.35. The van der Waals surface area contributed by atoms with Gasteiger partial charge in [-0.05, 0) is 32.0 Å². The second-order valence-electron chi connectivity index (χ2n) is 4.63. The quantitative estimate of drug-likeness (QED) is 0.494. The maximum absolute atomic E-state index is 6.19. The van der Waals surface area contributed by atoms with Crippen molar-refractivity contribution in [2.45, 2.75) is 57.3 Å². The van der Waals surface area contributed by atoms with Gasteiger partial charge in [-0.2, -0.15) is 0 Å². The summed E-state index contributed by atoms with van der Waals surface area (Å²) in [6.07, 6.45) is 9.28. The number of rotatable bonds is 4. The van der Waals surface area contributed by atoms with Gasteiger partial charge in [-0.15, -0.1) is 6.58 Å². The molecule has 0 saturated heterocycles. The van der Waals surface area contributed by atoms with Crippen molar-refractivity contribution in [1.29, 1.82) is 0 Å². The van der Waals surface area contributed by atoms with Crippen molar-refractivity contribution in [3.05, 3.63) is 12.7 Å². The monoisotopic (exact) mass is 198 g/mol. The summed E-state index contributed by atoms with van der Waals surface area (Å²) < 4.78 is 6.19. The van der Waals surface area contributed by atoms with Crippen LogP contribution < -0.4 is 0 Å². The molecule has 0 amide bonds. The average Bonchev–Trinajstić information content (AvgIpc) is 2.04. The standard InChI is InChI=1S/C11H22OSi/c1-4-10-13(2,3)12-11-8-6-5-7-9-11/h4,11H,1,5-10H2,2-3H3. The van der Waals surface area contributed by atoms with Gasteiger partial charge in [-0.3, -0.25) is 0 Å². The van der Waals surface area contributed by atoms with E-state index in [0.29, 0.717) is 6.10 Å². The van der Waals surface area contributed by atoms with Crippen molar-refractivity contribution in [2.24, 2.45) is 0 Å². The van der Waals surface area contributed by atoms with Gasteiger partial charge in [0, 0.05) is 6.10 Å². The third kappa shape index (κ3) is 4.10. The molecule has 13 heavy (non-hydrogen) atoms. The maximum atomic E-state index is 6.19. The average molecular weight is 198 g/mol. The Bertz CT molecular complexity index is 159. The summed E-state index contributed by atoms with van der Waals surface area (Å²) in [7, 11) is -1.41. The van der Waals surface area contributed by atoms with E-state index in [0.717, 1.165) is 6.04 Å². The molecule has 1 aliphatic rings. The highest BCUT2D eigenvalue weighted by molar-refractivity contribution is 6.71. The highest BCUT2D eigenvalue weighted by Crippen LogP contribution is 2.25. The zero-order chi connectivity index (χ0) is 9.73. The largest absolute Gasteiger partial charge is 0.414 e. The molecule has 0 aromatic carbocycles. The molecule has 1 aliphatic carbocycles. The maximum Gasteiger partial charge on any atom is 0.190 e. The van der Waals surface area contributed by atoms with Crippen LogP contribution in [0.5, 0.6) is 0 Å². The molecule has 0 unspecified atom stereocenters. The fourth-order valence-electron chi connectivity index (χ4n) is 2.03. The molecule has 0 aromatic heterocycles. The van der Waals surface area contributed by atoms with Crippen LogP contribution in [0.4, 0.5) is 0 Å². The summed E-state index contributed by atoms with van der Waals surface area (Å²) >= 11 is 0. The van der Waals surface area contributed by atoms with Crippen LogP contribution in [-0.2, 0) is 4.43 Å². The molecule has 1 rings (SSSR count). The molecule has 0 bridgehead atoms. The summed E-state index contributed by atoms with van der Waals surface area (Å²) in [5.74, 6) is 0. The van der Waals surface area contributed by atoms with Crippen molar-refractivity contribution in [2.75, 3.05) is 0 Å². The van der Waals surface area contributed by atoms with Crippen LogP contribution in [0.2, 0.25) is 19.1 Å². The van der Waals surface area contributed by atoms with E-state index < -0.39 is 8.32 Å². The van der Waals surface area contributed by atoms with E-state index in [1.165, 1.54) is 32.1 Å². The Balaban J connectivity index is 2.32. The third-order valence-corrected chi connectivity index (χ3v) is 4.92. The van der Waals surface area contributed by atoms with Gasteiger partial charge in [0.1, 0.15) is 0 Å². The van der Waals surface area contributed by atoms with Gasteiger partial charge in [-0.1, -0.05) is 25.3 Å². The van der Waals surface area contributed by atoms with Gasteiger partial charge >= 0.3 is 0 Å². The van der Waals surface area contributed by atoms with E-state index in [-0.39, 0.29) is 0 Å². The minimum atomic E-state index is -1.41. The zero-order valence-electron chi connectivity index (χ0n) is 9.01. The highest BCUT2D eigenvalue weighted by Gasteiger charge is 2.26.